The highest BCUT2D eigenvalue weighted by molar-refractivity contribution is 5.06. The molecule has 5 nitrogen and oxygen atoms in total. The number of halogens is 3. The summed E-state index contributed by atoms with van der Waals surface area (Å²) in [4.78, 5) is 6.27. The number of alkyl halides is 3. The molecule has 0 spiro atoms. The summed E-state index contributed by atoms with van der Waals surface area (Å²) in [5.74, 6) is 0.452. The molecule has 0 unspecified atom stereocenters. The molecular formula is C14H18F3N5. The summed E-state index contributed by atoms with van der Waals surface area (Å²) in [6.07, 6.45) is 4.47. The molecule has 2 heterocycles. The lowest BCUT2D eigenvalue weighted by atomic mass is 10.3. The molecular weight excluding hydrogens is 295 g/mol. The Morgan fingerprint density at radius 3 is 2.68 bits per heavy atom. The molecule has 1 fully saturated rings. The van der Waals surface area contributed by atoms with E-state index in [1.165, 1.54) is 17.0 Å². The summed E-state index contributed by atoms with van der Waals surface area (Å²) in [6, 6.07) is 0.427. The molecule has 0 radical (unpaired) electrons. The number of imidazole rings is 1. The highest BCUT2D eigenvalue weighted by Gasteiger charge is 2.32. The van der Waals surface area contributed by atoms with Crippen LogP contribution in [-0.2, 0) is 26.7 Å². The van der Waals surface area contributed by atoms with E-state index in [2.05, 4.69) is 15.0 Å². The molecule has 0 saturated heterocycles. The Labute approximate surface area is 126 Å². The standard InChI is InChI=1S/C14H18F3N5/c1-20-7-11(6-19-20)8-22(12-2-3-12)9-13-18-4-5-21(13)10-14(15,16)17/h4-7,12H,2-3,8-10H2,1H3. The molecule has 0 aromatic carbocycles. The Hall–Kier alpha value is -1.83. The van der Waals surface area contributed by atoms with Crippen LogP contribution in [0.3, 0.4) is 0 Å². The molecule has 22 heavy (non-hydrogen) atoms. The van der Waals surface area contributed by atoms with Gasteiger partial charge in [-0.1, -0.05) is 0 Å². The van der Waals surface area contributed by atoms with E-state index in [9.17, 15) is 13.2 Å². The van der Waals surface area contributed by atoms with Crippen LogP contribution in [0.4, 0.5) is 13.2 Å². The van der Waals surface area contributed by atoms with Crippen LogP contribution < -0.4 is 0 Å². The topological polar surface area (TPSA) is 38.9 Å². The summed E-state index contributed by atoms with van der Waals surface area (Å²) in [7, 11) is 1.85. The fourth-order valence-corrected chi connectivity index (χ4v) is 2.55. The number of aromatic nitrogens is 4. The van der Waals surface area contributed by atoms with Crippen molar-refractivity contribution in [1.29, 1.82) is 0 Å². The Bertz CT molecular complexity index is 626. The van der Waals surface area contributed by atoms with Gasteiger partial charge in [-0.25, -0.2) is 4.98 Å². The van der Waals surface area contributed by atoms with Crippen molar-refractivity contribution >= 4 is 0 Å². The number of aryl methyl sites for hydroxylation is 1. The quantitative estimate of drug-likeness (QED) is 0.822. The van der Waals surface area contributed by atoms with Crippen molar-refractivity contribution in [2.75, 3.05) is 0 Å². The average molecular weight is 313 g/mol. The zero-order valence-corrected chi connectivity index (χ0v) is 12.3. The lowest BCUT2D eigenvalue weighted by molar-refractivity contribution is -0.141. The summed E-state index contributed by atoms with van der Waals surface area (Å²) in [6.45, 7) is 0.105. The molecule has 0 N–H and O–H groups in total. The van der Waals surface area contributed by atoms with Crippen LogP contribution in [-0.4, -0.2) is 36.4 Å². The van der Waals surface area contributed by atoms with Gasteiger partial charge in [-0.3, -0.25) is 9.58 Å². The van der Waals surface area contributed by atoms with Crippen molar-refractivity contribution in [1.82, 2.24) is 24.2 Å². The van der Waals surface area contributed by atoms with Crippen LogP contribution in [0.25, 0.3) is 0 Å². The fraction of sp³-hybridized carbons (Fsp3) is 0.571. The predicted molar refractivity (Wildman–Crippen MR) is 73.8 cm³/mol. The van der Waals surface area contributed by atoms with Gasteiger partial charge < -0.3 is 4.57 Å². The molecule has 2 aromatic heterocycles. The van der Waals surface area contributed by atoms with Crippen LogP contribution in [0.1, 0.15) is 24.2 Å². The first kappa shape index (κ1) is 15.1. The molecule has 0 bridgehead atoms. The summed E-state index contributed by atoms with van der Waals surface area (Å²) < 4.78 is 40.7. The number of nitrogens with zero attached hydrogens (tertiary/aromatic N) is 5. The Kier molecular flexibility index (Phi) is 3.94. The third-order valence-corrected chi connectivity index (χ3v) is 3.70. The summed E-state index contributed by atoms with van der Waals surface area (Å²) in [5.41, 5.74) is 1.06. The first-order chi connectivity index (χ1) is 10.4. The van der Waals surface area contributed by atoms with E-state index in [0.717, 1.165) is 18.4 Å². The molecule has 1 aliphatic rings. The van der Waals surface area contributed by atoms with E-state index >= 15 is 0 Å². The molecule has 8 heteroatoms. The highest BCUT2D eigenvalue weighted by Crippen LogP contribution is 2.30. The minimum absolute atomic E-state index is 0.419. The van der Waals surface area contributed by atoms with E-state index in [-0.39, 0.29) is 0 Å². The van der Waals surface area contributed by atoms with Gasteiger partial charge in [-0.15, -0.1) is 0 Å². The fourth-order valence-electron chi connectivity index (χ4n) is 2.55. The maximum atomic E-state index is 12.6. The number of rotatable bonds is 6. The second kappa shape index (κ2) is 5.75. The van der Waals surface area contributed by atoms with Crippen molar-refractivity contribution in [3.63, 3.8) is 0 Å². The minimum Gasteiger partial charge on any atom is -0.325 e. The Balaban J connectivity index is 1.70. The van der Waals surface area contributed by atoms with E-state index in [1.807, 2.05) is 13.2 Å². The molecule has 3 rings (SSSR count). The largest absolute Gasteiger partial charge is 0.406 e. The maximum Gasteiger partial charge on any atom is 0.406 e. The van der Waals surface area contributed by atoms with Crippen molar-refractivity contribution in [3.05, 3.63) is 36.2 Å². The first-order valence-corrected chi connectivity index (χ1v) is 7.19. The first-order valence-electron chi connectivity index (χ1n) is 7.19. The maximum absolute atomic E-state index is 12.6. The second-order valence-corrected chi connectivity index (χ2v) is 5.74. The lowest BCUT2D eigenvalue weighted by Crippen LogP contribution is -2.28. The van der Waals surface area contributed by atoms with Gasteiger partial charge in [0.25, 0.3) is 0 Å². The Morgan fingerprint density at radius 2 is 2.09 bits per heavy atom. The minimum atomic E-state index is -4.23. The average Bonchev–Trinajstić information content (AvgIpc) is 3.06. The molecule has 120 valence electrons. The Morgan fingerprint density at radius 1 is 1.32 bits per heavy atom. The molecule has 0 amide bonds. The van der Waals surface area contributed by atoms with E-state index in [0.29, 0.717) is 25.0 Å². The van der Waals surface area contributed by atoms with Gasteiger partial charge >= 0.3 is 6.18 Å². The van der Waals surface area contributed by atoms with Crippen LogP contribution in [0, 0.1) is 0 Å². The van der Waals surface area contributed by atoms with Gasteiger partial charge in [0.1, 0.15) is 12.4 Å². The lowest BCUT2D eigenvalue weighted by Gasteiger charge is -2.21. The van der Waals surface area contributed by atoms with Crippen LogP contribution in [0.5, 0.6) is 0 Å². The van der Waals surface area contributed by atoms with E-state index in [1.54, 1.807) is 10.9 Å². The highest BCUT2D eigenvalue weighted by atomic mass is 19.4. The van der Waals surface area contributed by atoms with Crippen molar-refractivity contribution in [2.24, 2.45) is 7.05 Å². The summed E-state index contributed by atoms with van der Waals surface area (Å²) >= 11 is 0. The molecule has 0 aliphatic heterocycles. The smallest absolute Gasteiger partial charge is 0.325 e. The number of hydrogen-bond acceptors (Lipinski definition) is 3. The normalized spacial score (nSPS) is 15.7. The zero-order valence-electron chi connectivity index (χ0n) is 12.3. The zero-order chi connectivity index (χ0) is 15.7. The van der Waals surface area contributed by atoms with Crippen molar-refractivity contribution in [3.8, 4) is 0 Å². The molecule has 2 aromatic rings. The van der Waals surface area contributed by atoms with Gasteiger partial charge in [0.15, 0.2) is 0 Å². The monoisotopic (exact) mass is 313 g/mol. The van der Waals surface area contributed by atoms with E-state index in [4.69, 9.17) is 0 Å². The van der Waals surface area contributed by atoms with Gasteiger partial charge in [0.2, 0.25) is 0 Å². The van der Waals surface area contributed by atoms with Crippen LogP contribution in [0.2, 0.25) is 0 Å². The van der Waals surface area contributed by atoms with Gasteiger partial charge in [-0.05, 0) is 12.8 Å². The predicted octanol–water partition coefficient (Wildman–Crippen LogP) is 2.34. The van der Waals surface area contributed by atoms with Crippen molar-refractivity contribution in [2.45, 2.75) is 44.7 Å². The van der Waals surface area contributed by atoms with E-state index < -0.39 is 12.7 Å². The van der Waals surface area contributed by atoms with Gasteiger partial charge in [0.05, 0.1) is 12.7 Å². The summed E-state index contributed by atoms with van der Waals surface area (Å²) in [5, 5.41) is 4.13. The molecule has 1 saturated carbocycles. The van der Waals surface area contributed by atoms with Gasteiger partial charge in [-0.2, -0.15) is 18.3 Å². The molecule has 0 atom stereocenters. The third kappa shape index (κ3) is 3.88. The van der Waals surface area contributed by atoms with Crippen LogP contribution in [0.15, 0.2) is 24.8 Å². The SMILES string of the molecule is Cn1cc(CN(Cc2nccn2CC(F)(F)F)C2CC2)cn1. The molecule has 1 aliphatic carbocycles. The second-order valence-electron chi connectivity index (χ2n) is 5.74. The number of hydrogen-bond donors (Lipinski definition) is 0. The van der Waals surface area contributed by atoms with Crippen molar-refractivity contribution < 1.29 is 13.2 Å². The third-order valence-electron chi connectivity index (χ3n) is 3.70. The van der Waals surface area contributed by atoms with Gasteiger partial charge in [0, 0.05) is 43.8 Å². The van der Waals surface area contributed by atoms with Crippen LogP contribution >= 0.6 is 0 Å².